The van der Waals surface area contributed by atoms with E-state index in [0.717, 1.165) is 6.20 Å². The molecule has 7 heteroatoms. The number of ether oxygens (including phenoxy) is 1. The van der Waals surface area contributed by atoms with Gasteiger partial charge in [-0.25, -0.2) is 14.4 Å². The molecule has 0 unspecified atom stereocenters. The van der Waals surface area contributed by atoms with Gasteiger partial charge in [0, 0.05) is 13.2 Å². The maximum absolute atomic E-state index is 13.8. The van der Waals surface area contributed by atoms with Crippen molar-refractivity contribution in [1.29, 1.82) is 0 Å². The van der Waals surface area contributed by atoms with Crippen molar-refractivity contribution >= 4 is 11.9 Å². The van der Waals surface area contributed by atoms with Gasteiger partial charge in [-0.3, -0.25) is 9.78 Å². The van der Waals surface area contributed by atoms with E-state index in [4.69, 9.17) is 0 Å². The number of anilines is 1. The van der Waals surface area contributed by atoms with Gasteiger partial charge >= 0.3 is 5.97 Å². The number of aromatic nitrogens is 3. The summed E-state index contributed by atoms with van der Waals surface area (Å²) >= 11 is 0. The molecule has 0 N–H and O–H groups in total. The molecule has 6 nitrogen and oxygen atoms in total. The first-order chi connectivity index (χ1) is 9.61. The van der Waals surface area contributed by atoms with Crippen LogP contribution in [0.1, 0.15) is 0 Å². The quantitative estimate of drug-likeness (QED) is 0.784. The summed E-state index contributed by atoms with van der Waals surface area (Å²) in [5, 5.41) is 0. The number of hydrogen-bond acceptors (Lipinski definition) is 6. The van der Waals surface area contributed by atoms with E-state index in [0.29, 0.717) is 5.69 Å². The number of methoxy groups -OCH3 is 1. The van der Waals surface area contributed by atoms with Crippen LogP contribution < -0.4 is 4.90 Å². The second kappa shape index (κ2) is 6.05. The molecule has 0 fully saturated rings. The minimum absolute atomic E-state index is 0.0240. The van der Waals surface area contributed by atoms with E-state index in [1.165, 1.54) is 12.0 Å². The summed E-state index contributed by atoms with van der Waals surface area (Å²) in [5.41, 5.74) is 0.493. The molecule has 0 aromatic carbocycles. The molecule has 0 saturated heterocycles. The molecule has 104 valence electrons. The minimum atomic E-state index is -0.570. The predicted molar refractivity (Wildman–Crippen MR) is 70.5 cm³/mol. The Morgan fingerprint density at radius 3 is 2.85 bits per heavy atom. The summed E-state index contributed by atoms with van der Waals surface area (Å²) < 4.78 is 18.3. The number of rotatable bonds is 4. The van der Waals surface area contributed by atoms with Crippen molar-refractivity contribution in [3.8, 4) is 11.4 Å². The monoisotopic (exact) mass is 276 g/mol. The van der Waals surface area contributed by atoms with Crippen LogP contribution in [0.2, 0.25) is 0 Å². The van der Waals surface area contributed by atoms with Gasteiger partial charge in [-0.2, -0.15) is 0 Å². The number of hydrogen-bond donors (Lipinski definition) is 0. The van der Waals surface area contributed by atoms with Gasteiger partial charge in [0.25, 0.3) is 0 Å². The molecule has 0 aliphatic heterocycles. The summed E-state index contributed by atoms with van der Waals surface area (Å²) in [6.45, 7) is -0.0240. The zero-order valence-electron chi connectivity index (χ0n) is 11.1. The Kier molecular flexibility index (Phi) is 4.19. The van der Waals surface area contributed by atoms with Crippen LogP contribution in [0.5, 0.6) is 0 Å². The van der Waals surface area contributed by atoms with Gasteiger partial charge in [-0.05, 0) is 12.1 Å². The maximum atomic E-state index is 13.8. The molecular formula is C13H13FN4O2. The van der Waals surface area contributed by atoms with Gasteiger partial charge in [-0.15, -0.1) is 0 Å². The van der Waals surface area contributed by atoms with E-state index in [1.54, 1.807) is 31.4 Å². The molecule has 2 aromatic heterocycles. The number of carbonyl (C=O) groups excluding carboxylic acids is 1. The van der Waals surface area contributed by atoms with E-state index < -0.39 is 11.8 Å². The summed E-state index contributed by atoms with van der Waals surface area (Å²) in [5.74, 6) is -0.781. The number of halogens is 1. The Balaban J connectivity index is 2.32. The van der Waals surface area contributed by atoms with Crippen molar-refractivity contribution in [1.82, 2.24) is 15.0 Å². The second-order valence-electron chi connectivity index (χ2n) is 4.01. The highest BCUT2D eigenvalue weighted by atomic mass is 19.1. The Morgan fingerprint density at radius 2 is 2.20 bits per heavy atom. The van der Waals surface area contributed by atoms with Crippen LogP contribution in [0.4, 0.5) is 10.3 Å². The lowest BCUT2D eigenvalue weighted by Gasteiger charge is -2.15. The third-order valence-corrected chi connectivity index (χ3v) is 2.57. The largest absolute Gasteiger partial charge is 0.468 e. The molecular weight excluding hydrogens is 263 g/mol. The van der Waals surface area contributed by atoms with Crippen molar-refractivity contribution in [3.05, 3.63) is 36.4 Å². The van der Waals surface area contributed by atoms with Crippen LogP contribution in [-0.2, 0) is 9.53 Å². The molecule has 0 saturated carbocycles. The van der Waals surface area contributed by atoms with E-state index in [9.17, 15) is 9.18 Å². The average molecular weight is 276 g/mol. The number of nitrogens with zero attached hydrogens (tertiary/aromatic N) is 4. The molecule has 0 aliphatic carbocycles. The van der Waals surface area contributed by atoms with E-state index >= 15 is 0 Å². The molecule has 2 aromatic rings. The van der Waals surface area contributed by atoms with Crippen molar-refractivity contribution in [3.63, 3.8) is 0 Å². The standard InChI is InChI=1S/C13H13FN4O2/c1-18(8-11(19)20-2)13-16-7-9(14)12(17-13)10-5-3-4-6-15-10/h3-7H,8H2,1-2H3. The fourth-order valence-corrected chi connectivity index (χ4v) is 1.55. The summed E-state index contributed by atoms with van der Waals surface area (Å²) in [6, 6.07) is 5.12. The van der Waals surface area contributed by atoms with Gasteiger partial charge < -0.3 is 9.64 Å². The predicted octanol–water partition coefficient (Wildman–Crippen LogP) is 1.29. The van der Waals surface area contributed by atoms with Gasteiger partial charge in [0.2, 0.25) is 5.95 Å². The second-order valence-corrected chi connectivity index (χ2v) is 4.01. The molecule has 0 atom stereocenters. The van der Waals surface area contributed by atoms with Crippen LogP contribution >= 0.6 is 0 Å². The Labute approximate surface area is 115 Å². The Morgan fingerprint density at radius 1 is 1.40 bits per heavy atom. The first-order valence-electron chi connectivity index (χ1n) is 5.83. The van der Waals surface area contributed by atoms with Crippen molar-refractivity contribution in [2.45, 2.75) is 0 Å². The molecule has 20 heavy (non-hydrogen) atoms. The van der Waals surface area contributed by atoms with Crippen molar-refractivity contribution < 1.29 is 13.9 Å². The fraction of sp³-hybridized carbons (Fsp3) is 0.231. The van der Waals surface area contributed by atoms with E-state index in [1.807, 2.05) is 0 Å². The van der Waals surface area contributed by atoms with Gasteiger partial charge in [0.15, 0.2) is 5.82 Å². The van der Waals surface area contributed by atoms with E-state index in [-0.39, 0.29) is 18.2 Å². The normalized spacial score (nSPS) is 10.2. The Hall–Kier alpha value is -2.57. The zero-order chi connectivity index (χ0) is 14.5. The molecule has 2 rings (SSSR count). The van der Waals surface area contributed by atoms with Gasteiger partial charge in [-0.1, -0.05) is 6.07 Å². The van der Waals surface area contributed by atoms with Crippen molar-refractivity contribution in [2.75, 3.05) is 25.6 Å². The van der Waals surface area contributed by atoms with Crippen LogP contribution in [0.3, 0.4) is 0 Å². The summed E-state index contributed by atoms with van der Waals surface area (Å²) in [4.78, 5) is 24.7. The van der Waals surface area contributed by atoms with Crippen molar-refractivity contribution in [2.24, 2.45) is 0 Å². The summed E-state index contributed by atoms with van der Waals surface area (Å²) in [7, 11) is 2.91. The van der Waals surface area contributed by atoms with Crippen LogP contribution in [0, 0.1) is 5.82 Å². The lowest BCUT2D eigenvalue weighted by atomic mass is 10.2. The molecule has 0 aliphatic rings. The SMILES string of the molecule is COC(=O)CN(C)c1ncc(F)c(-c2ccccn2)n1. The first-order valence-corrected chi connectivity index (χ1v) is 5.83. The number of carbonyl (C=O) groups is 1. The third-order valence-electron chi connectivity index (χ3n) is 2.57. The number of likely N-dealkylation sites (N-methyl/N-ethyl adjacent to an activating group) is 1. The fourth-order valence-electron chi connectivity index (χ4n) is 1.55. The van der Waals surface area contributed by atoms with Crippen LogP contribution in [0.25, 0.3) is 11.4 Å². The number of pyridine rings is 1. The average Bonchev–Trinajstić information content (AvgIpc) is 2.48. The molecule has 0 bridgehead atoms. The minimum Gasteiger partial charge on any atom is -0.468 e. The highest BCUT2D eigenvalue weighted by molar-refractivity contribution is 5.74. The smallest absolute Gasteiger partial charge is 0.325 e. The van der Waals surface area contributed by atoms with Crippen LogP contribution in [-0.4, -0.2) is 41.6 Å². The van der Waals surface area contributed by atoms with Crippen LogP contribution in [0.15, 0.2) is 30.6 Å². The van der Waals surface area contributed by atoms with E-state index in [2.05, 4.69) is 19.7 Å². The molecule has 2 heterocycles. The van der Waals surface area contributed by atoms with Gasteiger partial charge in [0.05, 0.1) is 19.0 Å². The zero-order valence-corrected chi connectivity index (χ0v) is 11.1. The summed E-state index contributed by atoms with van der Waals surface area (Å²) in [6.07, 6.45) is 2.61. The lowest BCUT2D eigenvalue weighted by molar-refractivity contribution is -0.138. The first kappa shape index (κ1) is 13.9. The highest BCUT2D eigenvalue weighted by Gasteiger charge is 2.14. The highest BCUT2D eigenvalue weighted by Crippen LogP contribution is 2.19. The third kappa shape index (κ3) is 3.05. The lowest BCUT2D eigenvalue weighted by Crippen LogP contribution is -2.28. The topological polar surface area (TPSA) is 68.2 Å². The molecule has 0 spiro atoms. The molecule has 0 radical (unpaired) electrons. The maximum Gasteiger partial charge on any atom is 0.325 e. The number of esters is 1. The molecule has 0 amide bonds. The van der Waals surface area contributed by atoms with Gasteiger partial charge in [0.1, 0.15) is 12.2 Å². The Bertz CT molecular complexity index is 607.